The lowest BCUT2D eigenvalue weighted by atomic mass is 9.94. The molecule has 0 bridgehead atoms. The Hall–Kier alpha value is -1.80. The minimum absolute atomic E-state index is 0. The van der Waals surface area contributed by atoms with Crippen LogP contribution in [-0.4, -0.2) is 32.5 Å². The number of hydrogen-bond acceptors (Lipinski definition) is 5. The topological polar surface area (TPSA) is 85.3 Å². The van der Waals surface area contributed by atoms with Crippen LogP contribution in [0.3, 0.4) is 0 Å². The number of pyridine rings is 1. The van der Waals surface area contributed by atoms with Crippen molar-refractivity contribution < 1.29 is 4.79 Å². The van der Waals surface area contributed by atoms with Gasteiger partial charge < -0.3 is 11.1 Å². The molecule has 0 aliphatic heterocycles. The van der Waals surface area contributed by atoms with Crippen molar-refractivity contribution in [1.82, 2.24) is 19.9 Å². The zero-order valence-corrected chi connectivity index (χ0v) is 18.8. The van der Waals surface area contributed by atoms with Gasteiger partial charge in [-0.05, 0) is 36.1 Å². The van der Waals surface area contributed by atoms with Gasteiger partial charge in [0.15, 0.2) is 11.5 Å². The maximum Gasteiger partial charge on any atom is 0.225 e. The number of fused-ring (bicyclic) bond motifs is 1. The summed E-state index contributed by atoms with van der Waals surface area (Å²) in [4.78, 5) is 12.9. The Labute approximate surface area is 187 Å². The predicted molar refractivity (Wildman–Crippen MR) is 124 cm³/mol. The van der Waals surface area contributed by atoms with Gasteiger partial charge in [0.1, 0.15) is 0 Å². The van der Waals surface area contributed by atoms with Crippen molar-refractivity contribution in [3.8, 4) is 0 Å². The van der Waals surface area contributed by atoms with Crippen LogP contribution in [0.15, 0.2) is 54.7 Å². The zero-order chi connectivity index (χ0) is 19.2. The molecule has 3 rings (SSSR count). The first-order valence-corrected chi connectivity index (χ1v) is 10.4. The highest BCUT2D eigenvalue weighted by atomic mass is 35.5. The van der Waals surface area contributed by atoms with Crippen molar-refractivity contribution in [2.75, 3.05) is 12.0 Å². The summed E-state index contributed by atoms with van der Waals surface area (Å²) in [5.74, 6) is 1.22. The van der Waals surface area contributed by atoms with E-state index in [9.17, 15) is 4.79 Å². The first-order chi connectivity index (χ1) is 13.1. The van der Waals surface area contributed by atoms with Crippen LogP contribution >= 0.6 is 36.6 Å². The van der Waals surface area contributed by atoms with Gasteiger partial charge in [-0.15, -0.1) is 35.0 Å². The molecule has 0 aliphatic carbocycles. The number of hydrogen-bond donors (Lipinski definition) is 2. The number of aromatic nitrogens is 3. The van der Waals surface area contributed by atoms with E-state index < -0.39 is 0 Å². The van der Waals surface area contributed by atoms with Crippen LogP contribution in [0.1, 0.15) is 36.8 Å². The standard InChI is InChI=1S/C20H25N5OS.2ClH/c1-14(18(21)15-8-4-3-5-9-15)20(26)22-16(11-13-27-2)19-24-23-17-10-6-7-12-25(17)19;;/h3-10,12,14,16,18H,11,13,21H2,1-2H3,(H,22,26);2*1H. The lowest BCUT2D eigenvalue weighted by molar-refractivity contribution is -0.126. The fraction of sp³-hybridized carbons (Fsp3) is 0.350. The van der Waals surface area contributed by atoms with E-state index in [-0.39, 0.29) is 48.7 Å². The van der Waals surface area contributed by atoms with Gasteiger partial charge in [0.2, 0.25) is 5.91 Å². The third kappa shape index (κ3) is 6.09. The van der Waals surface area contributed by atoms with E-state index in [4.69, 9.17) is 5.73 Å². The van der Waals surface area contributed by atoms with E-state index in [0.717, 1.165) is 29.2 Å². The van der Waals surface area contributed by atoms with Crippen LogP contribution in [0, 0.1) is 5.92 Å². The fourth-order valence-corrected chi connectivity index (χ4v) is 3.50. The Morgan fingerprint density at radius 2 is 1.83 bits per heavy atom. The molecule has 3 unspecified atom stereocenters. The molecule has 0 radical (unpaired) electrons. The maximum atomic E-state index is 12.9. The second-order valence-electron chi connectivity index (χ2n) is 6.55. The summed E-state index contributed by atoms with van der Waals surface area (Å²) in [5, 5.41) is 11.7. The number of carbonyl (C=O) groups is 1. The third-order valence-corrected chi connectivity index (χ3v) is 5.36. The van der Waals surface area contributed by atoms with Gasteiger partial charge >= 0.3 is 0 Å². The van der Waals surface area contributed by atoms with Crippen LogP contribution in [0.25, 0.3) is 5.65 Å². The maximum absolute atomic E-state index is 12.9. The molecular formula is C20H27Cl2N5OS. The quantitative estimate of drug-likeness (QED) is 0.538. The molecule has 3 N–H and O–H groups in total. The van der Waals surface area contributed by atoms with E-state index >= 15 is 0 Å². The summed E-state index contributed by atoms with van der Waals surface area (Å²) in [6.07, 6.45) is 4.74. The van der Waals surface area contributed by atoms with E-state index in [2.05, 4.69) is 21.8 Å². The van der Waals surface area contributed by atoms with Gasteiger partial charge in [0.05, 0.1) is 12.0 Å². The van der Waals surface area contributed by atoms with Crippen molar-refractivity contribution in [1.29, 1.82) is 0 Å². The van der Waals surface area contributed by atoms with Crippen molar-refractivity contribution in [2.24, 2.45) is 11.7 Å². The van der Waals surface area contributed by atoms with Crippen molar-refractivity contribution in [2.45, 2.75) is 25.4 Å². The molecule has 3 atom stereocenters. The Balaban J connectivity index is 0.00000210. The molecule has 3 aromatic rings. The van der Waals surface area contributed by atoms with Gasteiger partial charge in [-0.25, -0.2) is 0 Å². The highest BCUT2D eigenvalue weighted by Crippen LogP contribution is 2.23. The van der Waals surface area contributed by atoms with Crippen LogP contribution in [-0.2, 0) is 4.79 Å². The molecule has 1 aromatic carbocycles. The summed E-state index contributed by atoms with van der Waals surface area (Å²) < 4.78 is 1.92. The molecule has 9 heteroatoms. The normalized spacial score (nSPS) is 13.6. The predicted octanol–water partition coefficient (Wildman–Crippen LogP) is 3.82. The lowest BCUT2D eigenvalue weighted by Crippen LogP contribution is -2.38. The molecule has 0 aliphatic rings. The van der Waals surface area contributed by atoms with Crippen LogP contribution in [0.5, 0.6) is 0 Å². The molecule has 0 saturated carbocycles. The number of nitrogens with zero attached hydrogens (tertiary/aromatic N) is 3. The monoisotopic (exact) mass is 455 g/mol. The summed E-state index contributed by atoms with van der Waals surface area (Å²) >= 11 is 1.74. The number of carbonyl (C=O) groups excluding carboxylic acids is 1. The number of nitrogens with two attached hydrogens (primary N) is 1. The number of thioether (sulfide) groups is 1. The molecule has 29 heavy (non-hydrogen) atoms. The van der Waals surface area contributed by atoms with Gasteiger partial charge in [-0.3, -0.25) is 9.20 Å². The second kappa shape index (κ2) is 12.0. The Morgan fingerprint density at radius 1 is 1.14 bits per heavy atom. The molecule has 2 aromatic heterocycles. The molecule has 0 saturated heterocycles. The SMILES string of the molecule is CSCCC(NC(=O)C(C)C(N)c1ccccc1)c1nnc2ccccn12.Cl.Cl. The summed E-state index contributed by atoms with van der Waals surface area (Å²) in [6, 6.07) is 14.9. The molecule has 158 valence electrons. The highest BCUT2D eigenvalue weighted by molar-refractivity contribution is 7.98. The summed E-state index contributed by atoms with van der Waals surface area (Å²) in [6.45, 7) is 1.86. The number of halogens is 2. The van der Waals surface area contributed by atoms with E-state index in [1.54, 1.807) is 11.8 Å². The van der Waals surface area contributed by atoms with Crippen LogP contribution < -0.4 is 11.1 Å². The number of benzene rings is 1. The Morgan fingerprint density at radius 3 is 2.52 bits per heavy atom. The van der Waals surface area contributed by atoms with Crippen molar-refractivity contribution in [3.05, 3.63) is 66.1 Å². The Kier molecular flexibility index (Phi) is 10.5. The number of nitrogens with one attached hydrogen (secondary N) is 1. The molecule has 6 nitrogen and oxygen atoms in total. The minimum Gasteiger partial charge on any atom is -0.346 e. The molecule has 0 fully saturated rings. The molecule has 1 amide bonds. The Bertz CT molecular complexity index is 893. The van der Waals surface area contributed by atoms with Crippen molar-refractivity contribution in [3.63, 3.8) is 0 Å². The molecular weight excluding hydrogens is 429 g/mol. The van der Waals surface area contributed by atoms with E-state index in [1.807, 2.05) is 66.1 Å². The van der Waals surface area contributed by atoms with Crippen molar-refractivity contribution >= 4 is 48.1 Å². The van der Waals surface area contributed by atoms with Crippen LogP contribution in [0.4, 0.5) is 0 Å². The average Bonchev–Trinajstić information content (AvgIpc) is 3.14. The van der Waals surface area contributed by atoms with E-state index in [1.165, 1.54) is 0 Å². The van der Waals surface area contributed by atoms with Gasteiger partial charge in [-0.2, -0.15) is 11.8 Å². The fourth-order valence-electron chi connectivity index (χ4n) is 3.03. The highest BCUT2D eigenvalue weighted by Gasteiger charge is 2.26. The van der Waals surface area contributed by atoms with Gasteiger partial charge in [0, 0.05) is 12.2 Å². The third-order valence-electron chi connectivity index (χ3n) is 4.72. The lowest BCUT2D eigenvalue weighted by Gasteiger charge is -2.23. The first-order valence-electron chi connectivity index (χ1n) is 9.01. The first kappa shape index (κ1) is 25.2. The van der Waals surface area contributed by atoms with Gasteiger partial charge in [0.25, 0.3) is 0 Å². The van der Waals surface area contributed by atoms with Crippen LogP contribution in [0.2, 0.25) is 0 Å². The summed E-state index contributed by atoms with van der Waals surface area (Å²) in [5.41, 5.74) is 8.05. The minimum atomic E-state index is -0.359. The van der Waals surface area contributed by atoms with Gasteiger partial charge in [-0.1, -0.05) is 43.3 Å². The largest absolute Gasteiger partial charge is 0.346 e. The zero-order valence-electron chi connectivity index (χ0n) is 16.4. The van der Waals surface area contributed by atoms with E-state index in [0.29, 0.717) is 0 Å². The average molecular weight is 456 g/mol. The molecule has 0 spiro atoms. The smallest absolute Gasteiger partial charge is 0.225 e. The second-order valence-corrected chi connectivity index (χ2v) is 7.54. The molecule has 2 heterocycles. The number of rotatable bonds is 8. The summed E-state index contributed by atoms with van der Waals surface area (Å²) in [7, 11) is 0. The number of amides is 1.